The van der Waals surface area contributed by atoms with E-state index >= 15 is 0 Å². The number of ether oxygens (including phenoxy) is 1. The van der Waals surface area contributed by atoms with Crippen molar-refractivity contribution >= 4 is 28.8 Å². The Kier molecular flexibility index (Phi) is 3.51. The van der Waals surface area contributed by atoms with E-state index in [-0.39, 0.29) is 11.4 Å². The van der Waals surface area contributed by atoms with Crippen LogP contribution in [0.5, 0.6) is 5.75 Å². The average Bonchev–Trinajstić information content (AvgIpc) is 2.65. The lowest BCUT2D eigenvalue weighted by molar-refractivity contribution is 0.0636. The molecule has 1 amide bonds. The topological polar surface area (TPSA) is 101 Å². The molecule has 0 saturated heterocycles. The molecule has 2 aromatic rings. The predicted octanol–water partition coefficient (Wildman–Crippen LogP) is 3.22. The van der Waals surface area contributed by atoms with Crippen molar-refractivity contribution in [1.82, 2.24) is 4.57 Å². The van der Waals surface area contributed by atoms with Crippen molar-refractivity contribution in [2.75, 3.05) is 5.32 Å². The number of aromatic hydroxyl groups is 1. The Hall–Kier alpha value is -2.70. The number of nitrogens with one attached hydrogen (secondary N) is 1. The maximum absolute atomic E-state index is 11.8. The van der Waals surface area contributed by atoms with Gasteiger partial charge in [0.2, 0.25) is 0 Å². The fourth-order valence-corrected chi connectivity index (χ4v) is 1.89. The minimum absolute atomic E-state index is 0.0297. The lowest BCUT2D eigenvalue weighted by Gasteiger charge is -2.19. The number of anilines is 1. The SMILES string of the molecule is CC(C)(C)OC(=O)Nc1cn(C(=O)O)c2ccc(O)cc12. The number of carbonyl (C=O) groups is 2. The van der Waals surface area contributed by atoms with Gasteiger partial charge in [0.05, 0.1) is 11.2 Å². The molecule has 0 aliphatic rings. The molecule has 1 aromatic carbocycles. The largest absolute Gasteiger partial charge is 0.508 e. The van der Waals surface area contributed by atoms with Crippen LogP contribution in [-0.2, 0) is 4.74 Å². The normalized spacial score (nSPS) is 11.4. The Morgan fingerprint density at radius 1 is 1.29 bits per heavy atom. The van der Waals surface area contributed by atoms with Gasteiger partial charge in [-0.25, -0.2) is 9.59 Å². The highest BCUT2D eigenvalue weighted by Gasteiger charge is 2.19. The van der Waals surface area contributed by atoms with Gasteiger partial charge in [0.25, 0.3) is 0 Å². The third-order valence-electron chi connectivity index (χ3n) is 2.63. The quantitative estimate of drug-likeness (QED) is 0.749. The van der Waals surface area contributed by atoms with Crippen molar-refractivity contribution in [3.63, 3.8) is 0 Å². The monoisotopic (exact) mass is 292 g/mol. The summed E-state index contributed by atoms with van der Waals surface area (Å²) in [4.78, 5) is 23.0. The van der Waals surface area contributed by atoms with Gasteiger partial charge < -0.3 is 14.9 Å². The Labute approximate surface area is 120 Å². The Bertz CT molecular complexity index is 712. The first-order chi connectivity index (χ1) is 9.67. The lowest BCUT2D eigenvalue weighted by atomic mass is 10.2. The van der Waals surface area contributed by atoms with Crippen molar-refractivity contribution in [3.8, 4) is 5.75 Å². The van der Waals surface area contributed by atoms with Gasteiger partial charge in [-0.2, -0.15) is 0 Å². The third kappa shape index (κ3) is 3.25. The van der Waals surface area contributed by atoms with Crippen LogP contribution in [0.2, 0.25) is 0 Å². The van der Waals surface area contributed by atoms with Crippen molar-refractivity contribution < 1.29 is 24.5 Å². The van der Waals surface area contributed by atoms with Gasteiger partial charge in [-0.15, -0.1) is 0 Å². The van der Waals surface area contributed by atoms with Crippen LogP contribution >= 0.6 is 0 Å². The van der Waals surface area contributed by atoms with E-state index in [0.717, 1.165) is 4.57 Å². The maximum Gasteiger partial charge on any atom is 0.416 e. The molecule has 0 bridgehead atoms. The number of aromatic nitrogens is 1. The van der Waals surface area contributed by atoms with E-state index in [2.05, 4.69) is 5.32 Å². The van der Waals surface area contributed by atoms with Crippen LogP contribution < -0.4 is 5.32 Å². The highest BCUT2D eigenvalue weighted by atomic mass is 16.6. The van der Waals surface area contributed by atoms with Crippen molar-refractivity contribution in [3.05, 3.63) is 24.4 Å². The van der Waals surface area contributed by atoms with Gasteiger partial charge in [0, 0.05) is 11.6 Å². The number of amides is 1. The van der Waals surface area contributed by atoms with E-state index in [1.54, 1.807) is 20.8 Å². The minimum Gasteiger partial charge on any atom is -0.508 e. The summed E-state index contributed by atoms with van der Waals surface area (Å²) >= 11 is 0. The third-order valence-corrected chi connectivity index (χ3v) is 2.63. The first-order valence-corrected chi connectivity index (χ1v) is 6.25. The number of carbonyl (C=O) groups excluding carboxylic acids is 1. The van der Waals surface area contributed by atoms with Gasteiger partial charge in [-0.1, -0.05) is 0 Å². The number of benzene rings is 1. The summed E-state index contributed by atoms with van der Waals surface area (Å²) < 4.78 is 6.08. The molecule has 0 fully saturated rings. The van der Waals surface area contributed by atoms with Crippen LogP contribution in [0.1, 0.15) is 20.8 Å². The standard InChI is InChI=1S/C14H16N2O5/c1-14(2,3)21-12(18)15-10-7-16(13(19)20)11-5-4-8(17)6-9(10)11/h4-7,17H,1-3H3,(H,15,18)(H,19,20). The van der Waals surface area contributed by atoms with E-state index in [0.29, 0.717) is 10.9 Å². The van der Waals surface area contributed by atoms with Gasteiger partial charge in [-0.3, -0.25) is 9.88 Å². The molecule has 0 aliphatic carbocycles. The second kappa shape index (κ2) is 5.01. The summed E-state index contributed by atoms with van der Waals surface area (Å²) in [6, 6.07) is 4.21. The minimum atomic E-state index is -1.19. The molecule has 0 spiro atoms. The molecule has 7 nitrogen and oxygen atoms in total. The summed E-state index contributed by atoms with van der Waals surface area (Å²) in [5.41, 5.74) is -0.0684. The maximum atomic E-state index is 11.8. The Morgan fingerprint density at radius 3 is 2.52 bits per heavy atom. The van der Waals surface area contributed by atoms with Gasteiger partial charge in [0.1, 0.15) is 11.4 Å². The average molecular weight is 292 g/mol. The molecule has 7 heteroatoms. The molecule has 0 aliphatic heterocycles. The number of hydrogen-bond donors (Lipinski definition) is 3. The molecule has 0 atom stereocenters. The van der Waals surface area contributed by atoms with Crippen LogP contribution in [0.4, 0.5) is 15.3 Å². The van der Waals surface area contributed by atoms with Crippen LogP contribution in [0, 0.1) is 0 Å². The molecular weight excluding hydrogens is 276 g/mol. The summed E-state index contributed by atoms with van der Waals surface area (Å²) in [7, 11) is 0. The van der Waals surface area contributed by atoms with Crippen molar-refractivity contribution in [1.29, 1.82) is 0 Å². The first-order valence-electron chi connectivity index (χ1n) is 6.25. The zero-order chi connectivity index (χ0) is 15.8. The zero-order valence-electron chi connectivity index (χ0n) is 11.9. The highest BCUT2D eigenvalue weighted by Crippen LogP contribution is 2.29. The van der Waals surface area contributed by atoms with Gasteiger partial charge in [0.15, 0.2) is 0 Å². The fraction of sp³-hybridized carbons (Fsp3) is 0.286. The number of carboxylic acid groups (broad SMARTS) is 1. The van der Waals surface area contributed by atoms with Gasteiger partial charge >= 0.3 is 12.2 Å². The van der Waals surface area contributed by atoms with E-state index in [1.165, 1.54) is 24.4 Å². The molecule has 0 saturated carbocycles. The van der Waals surface area contributed by atoms with Crippen molar-refractivity contribution in [2.45, 2.75) is 26.4 Å². The number of hydrogen-bond acceptors (Lipinski definition) is 4. The van der Waals surface area contributed by atoms with E-state index in [9.17, 15) is 14.7 Å². The number of fused-ring (bicyclic) bond motifs is 1. The summed E-state index contributed by atoms with van der Waals surface area (Å²) in [6.45, 7) is 5.16. The molecule has 112 valence electrons. The summed E-state index contributed by atoms with van der Waals surface area (Å²) in [5.74, 6) is -0.0297. The zero-order valence-corrected chi connectivity index (χ0v) is 11.9. The van der Waals surface area contributed by atoms with Crippen molar-refractivity contribution in [2.24, 2.45) is 0 Å². The molecule has 21 heavy (non-hydrogen) atoms. The number of phenols is 1. The van der Waals surface area contributed by atoms with Crippen LogP contribution in [-0.4, -0.2) is 32.6 Å². The van der Waals surface area contributed by atoms with Gasteiger partial charge in [-0.05, 0) is 39.0 Å². The second-order valence-corrected chi connectivity index (χ2v) is 5.52. The van der Waals surface area contributed by atoms with Crippen LogP contribution in [0.25, 0.3) is 10.9 Å². The van der Waals surface area contributed by atoms with E-state index in [4.69, 9.17) is 9.84 Å². The molecule has 0 radical (unpaired) electrons. The number of nitrogens with zero attached hydrogens (tertiary/aromatic N) is 1. The molecule has 1 aromatic heterocycles. The Morgan fingerprint density at radius 2 is 1.95 bits per heavy atom. The highest BCUT2D eigenvalue weighted by molar-refractivity contribution is 6.03. The summed E-state index contributed by atoms with van der Waals surface area (Å²) in [5, 5.41) is 21.6. The number of rotatable bonds is 1. The molecule has 0 unspecified atom stereocenters. The summed E-state index contributed by atoms with van der Waals surface area (Å²) in [6.07, 6.45) is -0.630. The predicted molar refractivity (Wildman–Crippen MR) is 76.9 cm³/mol. The molecular formula is C14H16N2O5. The Balaban J connectivity index is 2.42. The molecule has 3 N–H and O–H groups in total. The molecule has 2 rings (SSSR count). The fourth-order valence-electron chi connectivity index (χ4n) is 1.89. The van der Waals surface area contributed by atoms with Crippen LogP contribution in [0.3, 0.4) is 0 Å². The van der Waals surface area contributed by atoms with Crippen LogP contribution in [0.15, 0.2) is 24.4 Å². The first kappa shape index (κ1) is 14.7. The van der Waals surface area contributed by atoms with E-state index < -0.39 is 17.8 Å². The lowest BCUT2D eigenvalue weighted by Crippen LogP contribution is -2.27. The van der Waals surface area contributed by atoms with E-state index in [1.807, 2.05) is 0 Å². The second-order valence-electron chi connectivity index (χ2n) is 5.52. The smallest absolute Gasteiger partial charge is 0.416 e. The number of phenolic OH excluding ortho intramolecular Hbond substituents is 1. The molecule has 1 heterocycles.